The lowest BCUT2D eigenvalue weighted by Gasteiger charge is -2.08. The standard InChI is InChI=1S/C17H16ClN3O3/c18-13-8-6-12(7-9-13)17(24)21-20-16(23)11-10-15(22)19-14-4-2-1-3-5-14/h1-9H,10-11H2,(H,19,22)(H,20,23)(H,21,24). The van der Waals surface area contributed by atoms with E-state index in [1.54, 1.807) is 36.4 Å². The van der Waals surface area contributed by atoms with Gasteiger partial charge < -0.3 is 5.32 Å². The number of carbonyl (C=O) groups is 3. The van der Waals surface area contributed by atoms with E-state index < -0.39 is 11.8 Å². The third kappa shape index (κ3) is 5.73. The summed E-state index contributed by atoms with van der Waals surface area (Å²) in [6.07, 6.45) is -0.0306. The second kappa shape index (κ2) is 8.69. The lowest BCUT2D eigenvalue weighted by molar-refractivity contribution is -0.124. The molecule has 124 valence electrons. The Hall–Kier alpha value is -2.86. The molecule has 0 heterocycles. The summed E-state index contributed by atoms with van der Waals surface area (Å²) >= 11 is 5.73. The Morgan fingerprint density at radius 3 is 2.08 bits per heavy atom. The SMILES string of the molecule is O=C(CCC(=O)Nc1ccccc1)NNC(=O)c1ccc(Cl)cc1. The van der Waals surface area contributed by atoms with Gasteiger partial charge >= 0.3 is 0 Å². The molecule has 0 radical (unpaired) electrons. The molecule has 0 saturated carbocycles. The molecule has 6 nitrogen and oxygen atoms in total. The molecule has 0 aliphatic rings. The molecule has 3 amide bonds. The first-order chi connectivity index (χ1) is 11.5. The molecule has 0 aliphatic carbocycles. The quantitative estimate of drug-likeness (QED) is 0.728. The number of hydrogen-bond donors (Lipinski definition) is 3. The van der Waals surface area contributed by atoms with Crippen molar-refractivity contribution in [3.8, 4) is 0 Å². The van der Waals surface area contributed by atoms with Gasteiger partial charge in [0.25, 0.3) is 5.91 Å². The van der Waals surface area contributed by atoms with Gasteiger partial charge in [0.1, 0.15) is 0 Å². The van der Waals surface area contributed by atoms with Crippen LogP contribution in [0.1, 0.15) is 23.2 Å². The highest BCUT2D eigenvalue weighted by Crippen LogP contribution is 2.09. The maximum Gasteiger partial charge on any atom is 0.269 e. The van der Waals surface area contributed by atoms with Crippen molar-refractivity contribution in [3.63, 3.8) is 0 Å². The fraction of sp³-hybridized carbons (Fsp3) is 0.118. The highest BCUT2D eigenvalue weighted by atomic mass is 35.5. The molecular weight excluding hydrogens is 330 g/mol. The Bertz CT molecular complexity index is 718. The van der Waals surface area contributed by atoms with Gasteiger partial charge in [0, 0.05) is 29.1 Å². The van der Waals surface area contributed by atoms with Gasteiger partial charge in [-0.3, -0.25) is 25.2 Å². The second-order valence-electron chi connectivity index (χ2n) is 4.92. The highest BCUT2D eigenvalue weighted by molar-refractivity contribution is 6.30. The summed E-state index contributed by atoms with van der Waals surface area (Å²) in [6, 6.07) is 15.2. The fourth-order valence-electron chi connectivity index (χ4n) is 1.83. The van der Waals surface area contributed by atoms with Crippen molar-refractivity contribution >= 4 is 35.0 Å². The van der Waals surface area contributed by atoms with Crippen LogP contribution < -0.4 is 16.2 Å². The Balaban J connectivity index is 1.70. The normalized spacial score (nSPS) is 9.88. The van der Waals surface area contributed by atoms with Crippen molar-refractivity contribution in [1.29, 1.82) is 0 Å². The van der Waals surface area contributed by atoms with Gasteiger partial charge in [-0.15, -0.1) is 0 Å². The van der Waals surface area contributed by atoms with E-state index in [2.05, 4.69) is 16.2 Å². The van der Waals surface area contributed by atoms with E-state index in [1.165, 1.54) is 12.1 Å². The zero-order chi connectivity index (χ0) is 17.4. The van der Waals surface area contributed by atoms with Gasteiger partial charge in [-0.2, -0.15) is 0 Å². The average Bonchev–Trinajstić information content (AvgIpc) is 2.59. The van der Waals surface area contributed by atoms with E-state index >= 15 is 0 Å². The summed E-state index contributed by atoms with van der Waals surface area (Å²) in [5.41, 5.74) is 5.57. The van der Waals surface area contributed by atoms with Gasteiger partial charge in [-0.1, -0.05) is 29.8 Å². The third-order valence-electron chi connectivity index (χ3n) is 3.06. The van der Waals surface area contributed by atoms with Crippen molar-refractivity contribution in [2.45, 2.75) is 12.8 Å². The number of anilines is 1. The number of halogens is 1. The molecule has 0 atom stereocenters. The number of hydrogen-bond acceptors (Lipinski definition) is 3. The average molecular weight is 346 g/mol. The maximum atomic E-state index is 11.8. The van der Waals surface area contributed by atoms with Gasteiger partial charge in [-0.05, 0) is 36.4 Å². The fourth-order valence-corrected chi connectivity index (χ4v) is 1.96. The van der Waals surface area contributed by atoms with Crippen LogP contribution in [0.2, 0.25) is 5.02 Å². The first-order valence-corrected chi connectivity index (χ1v) is 7.62. The van der Waals surface area contributed by atoms with E-state index in [1.807, 2.05) is 6.07 Å². The Morgan fingerprint density at radius 2 is 1.42 bits per heavy atom. The number of nitrogens with one attached hydrogen (secondary N) is 3. The van der Waals surface area contributed by atoms with Crippen molar-refractivity contribution in [1.82, 2.24) is 10.9 Å². The monoisotopic (exact) mass is 345 g/mol. The summed E-state index contributed by atoms with van der Waals surface area (Å²) < 4.78 is 0. The molecule has 24 heavy (non-hydrogen) atoms. The van der Waals surface area contributed by atoms with E-state index in [0.717, 1.165) is 0 Å². The number of amides is 3. The minimum absolute atomic E-state index is 0.0115. The molecule has 2 aromatic carbocycles. The Kier molecular flexibility index (Phi) is 6.33. The zero-order valence-corrected chi connectivity index (χ0v) is 13.5. The molecule has 0 aromatic heterocycles. The van der Waals surface area contributed by atoms with E-state index in [0.29, 0.717) is 16.3 Å². The summed E-state index contributed by atoms with van der Waals surface area (Å²) in [5, 5.41) is 3.19. The Morgan fingerprint density at radius 1 is 0.792 bits per heavy atom. The molecule has 0 fully saturated rings. The molecule has 3 N–H and O–H groups in total. The summed E-state index contributed by atoms with van der Waals surface area (Å²) in [7, 11) is 0. The largest absolute Gasteiger partial charge is 0.326 e. The molecule has 0 saturated heterocycles. The van der Waals surface area contributed by atoms with E-state index in [9.17, 15) is 14.4 Å². The van der Waals surface area contributed by atoms with Gasteiger partial charge in [0.05, 0.1) is 0 Å². The van der Waals surface area contributed by atoms with Crippen LogP contribution in [0.25, 0.3) is 0 Å². The van der Waals surface area contributed by atoms with Crippen LogP contribution in [0.4, 0.5) is 5.69 Å². The van der Waals surface area contributed by atoms with Crippen LogP contribution in [0.15, 0.2) is 54.6 Å². The summed E-state index contributed by atoms with van der Waals surface area (Å²) in [6.45, 7) is 0. The Labute approximate surface area is 144 Å². The smallest absolute Gasteiger partial charge is 0.269 e. The maximum absolute atomic E-state index is 11.8. The van der Waals surface area contributed by atoms with Crippen LogP contribution in [-0.2, 0) is 9.59 Å². The number of rotatable bonds is 5. The molecule has 0 bridgehead atoms. The predicted molar refractivity (Wildman–Crippen MR) is 91.4 cm³/mol. The summed E-state index contributed by atoms with van der Waals surface area (Å²) in [5.74, 6) is -1.20. The molecule has 0 spiro atoms. The number of benzene rings is 2. The molecule has 2 aromatic rings. The van der Waals surface area contributed by atoms with Gasteiger partial charge in [0.2, 0.25) is 11.8 Å². The molecule has 2 rings (SSSR count). The van der Waals surface area contributed by atoms with Crippen LogP contribution in [0, 0.1) is 0 Å². The second-order valence-corrected chi connectivity index (χ2v) is 5.36. The molecule has 7 heteroatoms. The molecular formula is C17H16ClN3O3. The van der Waals surface area contributed by atoms with Crippen LogP contribution in [0.3, 0.4) is 0 Å². The number of hydrazine groups is 1. The first-order valence-electron chi connectivity index (χ1n) is 7.24. The molecule has 0 aliphatic heterocycles. The van der Waals surface area contributed by atoms with Crippen molar-refractivity contribution in [2.24, 2.45) is 0 Å². The highest BCUT2D eigenvalue weighted by Gasteiger charge is 2.09. The van der Waals surface area contributed by atoms with Crippen LogP contribution in [-0.4, -0.2) is 17.7 Å². The predicted octanol–water partition coefficient (Wildman–Crippen LogP) is 2.52. The van der Waals surface area contributed by atoms with E-state index in [4.69, 9.17) is 11.6 Å². The minimum atomic E-state index is -0.464. The van der Waals surface area contributed by atoms with Crippen molar-refractivity contribution < 1.29 is 14.4 Å². The van der Waals surface area contributed by atoms with Crippen LogP contribution in [0.5, 0.6) is 0 Å². The van der Waals surface area contributed by atoms with Crippen molar-refractivity contribution in [2.75, 3.05) is 5.32 Å². The minimum Gasteiger partial charge on any atom is -0.326 e. The summed E-state index contributed by atoms with van der Waals surface area (Å²) in [4.78, 5) is 35.2. The third-order valence-corrected chi connectivity index (χ3v) is 3.31. The van der Waals surface area contributed by atoms with Gasteiger partial charge in [0.15, 0.2) is 0 Å². The number of carbonyl (C=O) groups excluding carboxylic acids is 3. The van der Waals surface area contributed by atoms with Crippen molar-refractivity contribution in [3.05, 3.63) is 65.2 Å². The van der Waals surface area contributed by atoms with E-state index in [-0.39, 0.29) is 18.7 Å². The lowest BCUT2D eigenvalue weighted by atomic mass is 10.2. The first kappa shape index (κ1) is 17.5. The molecule has 0 unspecified atom stereocenters. The van der Waals surface area contributed by atoms with Gasteiger partial charge in [-0.25, -0.2) is 0 Å². The number of para-hydroxylation sites is 1. The zero-order valence-electron chi connectivity index (χ0n) is 12.7. The van der Waals surface area contributed by atoms with Crippen LogP contribution >= 0.6 is 11.6 Å². The lowest BCUT2D eigenvalue weighted by Crippen LogP contribution is -2.41. The topological polar surface area (TPSA) is 87.3 Å².